The summed E-state index contributed by atoms with van der Waals surface area (Å²) in [6.07, 6.45) is 7.14. The van der Waals surface area contributed by atoms with Gasteiger partial charge in [0.1, 0.15) is 0 Å². The molecule has 0 saturated heterocycles. The van der Waals surface area contributed by atoms with Gasteiger partial charge in [-0.1, -0.05) is 0 Å². The molecule has 0 fully saturated rings. The lowest BCUT2D eigenvalue weighted by Crippen LogP contribution is -2.14. The first kappa shape index (κ1) is 8.35. The molecule has 0 aliphatic rings. The lowest BCUT2D eigenvalue weighted by atomic mass is 10.4. The standard InChI is InChI=1S/C7H7N3O2/c11-7(10-12)2-1-6-5-8-3-4-9-6/h1-5,12H,(H,10,11)/b2-1+. The van der Waals surface area contributed by atoms with Crippen LogP contribution in [0.15, 0.2) is 24.7 Å². The summed E-state index contributed by atoms with van der Waals surface area (Å²) in [5, 5.41) is 8.13. The number of rotatable bonds is 2. The fourth-order valence-corrected chi connectivity index (χ4v) is 0.595. The molecule has 12 heavy (non-hydrogen) atoms. The Morgan fingerprint density at radius 2 is 2.42 bits per heavy atom. The molecule has 5 heteroatoms. The van der Waals surface area contributed by atoms with E-state index in [1.165, 1.54) is 30.1 Å². The molecular weight excluding hydrogens is 158 g/mol. The van der Waals surface area contributed by atoms with E-state index in [2.05, 4.69) is 9.97 Å². The molecule has 0 radical (unpaired) electrons. The van der Waals surface area contributed by atoms with Crippen LogP contribution in [0.4, 0.5) is 0 Å². The van der Waals surface area contributed by atoms with Crippen molar-refractivity contribution in [1.29, 1.82) is 0 Å². The molecular formula is C7H7N3O2. The number of carbonyl (C=O) groups is 1. The number of hydroxylamine groups is 1. The van der Waals surface area contributed by atoms with Crippen LogP contribution in [0.5, 0.6) is 0 Å². The highest BCUT2D eigenvalue weighted by atomic mass is 16.5. The smallest absolute Gasteiger partial charge is 0.267 e. The maximum absolute atomic E-state index is 10.5. The molecule has 5 nitrogen and oxygen atoms in total. The minimum atomic E-state index is -0.597. The largest absolute Gasteiger partial charge is 0.288 e. The van der Waals surface area contributed by atoms with E-state index in [9.17, 15) is 4.79 Å². The summed E-state index contributed by atoms with van der Waals surface area (Å²) in [6.45, 7) is 0. The van der Waals surface area contributed by atoms with Crippen molar-refractivity contribution < 1.29 is 10.0 Å². The van der Waals surface area contributed by atoms with E-state index in [1.54, 1.807) is 0 Å². The number of hydrogen-bond donors (Lipinski definition) is 2. The zero-order valence-electron chi connectivity index (χ0n) is 6.14. The molecule has 1 heterocycles. The number of amides is 1. The number of nitrogens with one attached hydrogen (secondary N) is 1. The van der Waals surface area contributed by atoms with Gasteiger partial charge in [-0.05, 0) is 6.08 Å². The van der Waals surface area contributed by atoms with Gasteiger partial charge in [0.2, 0.25) is 0 Å². The van der Waals surface area contributed by atoms with E-state index in [0.29, 0.717) is 5.69 Å². The second-order valence-corrected chi connectivity index (χ2v) is 1.94. The Kier molecular flexibility index (Phi) is 2.92. The minimum Gasteiger partial charge on any atom is -0.288 e. The molecule has 0 saturated carbocycles. The molecule has 0 atom stereocenters. The number of carbonyl (C=O) groups excluding carboxylic acids is 1. The third-order valence-electron chi connectivity index (χ3n) is 1.10. The maximum Gasteiger partial charge on any atom is 0.267 e. The van der Waals surface area contributed by atoms with E-state index in [0.717, 1.165) is 6.08 Å². The predicted octanol–water partition coefficient (Wildman–Crippen LogP) is -0.00480. The zero-order valence-corrected chi connectivity index (χ0v) is 6.14. The summed E-state index contributed by atoms with van der Waals surface area (Å²) in [4.78, 5) is 18.1. The third kappa shape index (κ3) is 2.47. The molecule has 1 amide bonds. The van der Waals surface area contributed by atoms with E-state index in [-0.39, 0.29) is 0 Å². The van der Waals surface area contributed by atoms with Crippen LogP contribution in [0.25, 0.3) is 6.08 Å². The van der Waals surface area contributed by atoms with Crippen molar-refractivity contribution >= 4 is 12.0 Å². The Morgan fingerprint density at radius 1 is 1.58 bits per heavy atom. The first-order valence-electron chi connectivity index (χ1n) is 3.21. The Morgan fingerprint density at radius 3 is 3.00 bits per heavy atom. The summed E-state index contributed by atoms with van der Waals surface area (Å²) >= 11 is 0. The fraction of sp³-hybridized carbons (Fsp3) is 0. The third-order valence-corrected chi connectivity index (χ3v) is 1.10. The second-order valence-electron chi connectivity index (χ2n) is 1.94. The highest BCUT2D eigenvalue weighted by Gasteiger charge is 1.90. The van der Waals surface area contributed by atoms with Crippen LogP contribution in [0, 0.1) is 0 Å². The van der Waals surface area contributed by atoms with Gasteiger partial charge in [-0.3, -0.25) is 20.0 Å². The monoisotopic (exact) mass is 165 g/mol. The topological polar surface area (TPSA) is 75.1 Å². The lowest BCUT2D eigenvalue weighted by molar-refractivity contribution is -0.124. The van der Waals surface area contributed by atoms with Gasteiger partial charge in [0.15, 0.2) is 0 Å². The van der Waals surface area contributed by atoms with E-state index < -0.39 is 5.91 Å². The fourth-order valence-electron chi connectivity index (χ4n) is 0.595. The molecule has 1 aromatic heterocycles. The highest BCUT2D eigenvalue weighted by Crippen LogP contribution is 1.92. The van der Waals surface area contributed by atoms with Crippen LogP contribution in [0.1, 0.15) is 5.69 Å². The average Bonchev–Trinajstić information content (AvgIpc) is 2.16. The van der Waals surface area contributed by atoms with Crippen molar-refractivity contribution in [3.05, 3.63) is 30.4 Å². The molecule has 0 spiro atoms. The second kappa shape index (κ2) is 4.20. The average molecular weight is 165 g/mol. The molecule has 62 valence electrons. The van der Waals surface area contributed by atoms with Gasteiger partial charge in [0.25, 0.3) is 5.91 Å². The Labute approximate surface area is 68.7 Å². The molecule has 0 aliphatic carbocycles. The molecule has 0 aliphatic heterocycles. The van der Waals surface area contributed by atoms with Crippen LogP contribution in [0.3, 0.4) is 0 Å². The van der Waals surface area contributed by atoms with Crippen LogP contribution >= 0.6 is 0 Å². The van der Waals surface area contributed by atoms with Crippen molar-refractivity contribution in [1.82, 2.24) is 15.4 Å². The Hall–Kier alpha value is -1.75. The summed E-state index contributed by atoms with van der Waals surface area (Å²) in [6, 6.07) is 0. The van der Waals surface area contributed by atoms with Crippen LogP contribution in [0.2, 0.25) is 0 Å². The van der Waals surface area contributed by atoms with Gasteiger partial charge in [-0.2, -0.15) is 0 Å². The normalized spacial score (nSPS) is 10.1. The van der Waals surface area contributed by atoms with Crippen molar-refractivity contribution in [3.8, 4) is 0 Å². The van der Waals surface area contributed by atoms with Gasteiger partial charge < -0.3 is 0 Å². The zero-order chi connectivity index (χ0) is 8.81. The summed E-state index contributed by atoms with van der Waals surface area (Å²) in [5.41, 5.74) is 2.02. The van der Waals surface area contributed by atoms with Crippen molar-refractivity contribution in [2.45, 2.75) is 0 Å². The first-order chi connectivity index (χ1) is 5.83. The van der Waals surface area contributed by atoms with E-state index >= 15 is 0 Å². The first-order valence-corrected chi connectivity index (χ1v) is 3.21. The maximum atomic E-state index is 10.5. The molecule has 1 aromatic rings. The van der Waals surface area contributed by atoms with Gasteiger partial charge >= 0.3 is 0 Å². The number of hydrogen-bond acceptors (Lipinski definition) is 4. The van der Waals surface area contributed by atoms with Gasteiger partial charge in [-0.25, -0.2) is 5.48 Å². The van der Waals surface area contributed by atoms with Crippen LogP contribution in [-0.2, 0) is 4.79 Å². The number of aromatic nitrogens is 2. The molecule has 2 N–H and O–H groups in total. The molecule has 1 rings (SSSR count). The Balaban J connectivity index is 2.64. The SMILES string of the molecule is O=C(/C=C/c1cnccn1)NO. The van der Waals surface area contributed by atoms with Crippen LogP contribution < -0.4 is 5.48 Å². The lowest BCUT2D eigenvalue weighted by Gasteiger charge is -1.89. The van der Waals surface area contributed by atoms with Gasteiger partial charge in [0.05, 0.1) is 11.9 Å². The molecule has 0 unspecified atom stereocenters. The van der Waals surface area contributed by atoms with Crippen molar-refractivity contribution in [2.75, 3.05) is 0 Å². The summed E-state index contributed by atoms with van der Waals surface area (Å²) in [7, 11) is 0. The van der Waals surface area contributed by atoms with E-state index in [1.807, 2.05) is 0 Å². The summed E-state index contributed by atoms with van der Waals surface area (Å²) < 4.78 is 0. The molecule has 0 bridgehead atoms. The van der Waals surface area contributed by atoms with Crippen molar-refractivity contribution in [2.24, 2.45) is 0 Å². The number of nitrogens with zero attached hydrogens (tertiary/aromatic N) is 2. The van der Waals surface area contributed by atoms with Gasteiger partial charge in [-0.15, -0.1) is 0 Å². The highest BCUT2D eigenvalue weighted by molar-refractivity contribution is 5.90. The molecule has 0 aromatic carbocycles. The predicted molar refractivity (Wildman–Crippen MR) is 41.0 cm³/mol. The van der Waals surface area contributed by atoms with E-state index in [4.69, 9.17) is 5.21 Å². The minimum absolute atomic E-state index is 0.557. The van der Waals surface area contributed by atoms with Crippen molar-refractivity contribution in [3.63, 3.8) is 0 Å². The Bertz CT molecular complexity index is 284. The van der Waals surface area contributed by atoms with Crippen LogP contribution in [-0.4, -0.2) is 21.1 Å². The summed E-state index contributed by atoms with van der Waals surface area (Å²) in [5.74, 6) is -0.597. The van der Waals surface area contributed by atoms with Gasteiger partial charge in [0, 0.05) is 18.5 Å². The quantitative estimate of drug-likeness (QED) is 0.367.